The molecule has 18 heavy (non-hydrogen) atoms. The summed E-state index contributed by atoms with van der Waals surface area (Å²) in [5.41, 5.74) is 7.11. The van der Waals surface area contributed by atoms with Gasteiger partial charge in [-0.2, -0.15) is 5.10 Å². The number of carbonyl (C=O) groups is 1. The third kappa shape index (κ3) is 2.56. The van der Waals surface area contributed by atoms with Crippen molar-refractivity contribution in [3.8, 4) is 0 Å². The standard InChI is InChI=1S/C13H22N4O/c1-9-5-4-6-13(14,7-9)12(18)15-11-8-17(3)16-10(11)2/h8-9H,4-7,14H2,1-3H3,(H,15,18). The van der Waals surface area contributed by atoms with Gasteiger partial charge in [0.2, 0.25) is 5.91 Å². The molecule has 0 radical (unpaired) electrons. The molecule has 2 unspecified atom stereocenters. The SMILES string of the molecule is Cc1nn(C)cc1NC(=O)C1(N)CCCC(C)C1. The van der Waals surface area contributed by atoms with Gasteiger partial charge in [0.15, 0.2) is 0 Å². The van der Waals surface area contributed by atoms with E-state index in [2.05, 4.69) is 17.3 Å². The maximum absolute atomic E-state index is 12.3. The number of nitrogens with one attached hydrogen (secondary N) is 1. The fourth-order valence-corrected chi connectivity index (χ4v) is 2.77. The number of rotatable bonds is 2. The lowest BCUT2D eigenvalue weighted by Crippen LogP contribution is -2.53. The van der Waals surface area contributed by atoms with Crippen LogP contribution in [0.4, 0.5) is 5.69 Å². The number of aryl methyl sites for hydroxylation is 2. The van der Waals surface area contributed by atoms with E-state index in [1.54, 1.807) is 4.68 Å². The van der Waals surface area contributed by atoms with Crippen LogP contribution in [0.3, 0.4) is 0 Å². The van der Waals surface area contributed by atoms with Gasteiger partial charge in [-0.05, 0) is 25.7 Å². The molecule has 100 valence electrons. The van der Waals surface area contributed by atoms with Crippen LogP contribution in [-0.2, 0) is 11.8 Å². The van der Waals surface area contributed by atoms with E-state index >= 15 is 0 Å². The summed E-state index contributed by atoms with van der Waals surface area (Å²) in [5, 5.41) is 7.12. The van der Waals surface area contributed by atoms with Crippen molar-refractivity contribution in [3.05, 3.63) is 11.9 Å². The molecule has 1 fully saturated rings. The molecule has 1 aromatic rings. The first-order valence-corrected chi connectivity index (χ1v) is 6.51. The Kier molecular flexibility index (Phi) is 3.43. The highest BCUT2D eigenvalue weighted by Crippen LogP contribution is 2.31. The monoisotopic (exact) mass is 250 g/mol. The molecule has 1 aliphatic rings. The number of hydrogen-bond acceptors (Lipinski definition) is 3. The molecule has 0 bridgehead atoms. The topological polar surface area (TPSA) is 72.9 Å². The first kappa shape index (κ1) is 13.1. The number of carbonyl (C=O) groups excluding carboxylic acids is 1. The molecule has 5 heteroatoms. The minimum Gasteiger partial charge on any atom is -0.322 e. The van der Waals surface area contributed by atoms with Gasteiger partial charge in [0, 0.05) is 13.2 Å². The van der Waals surface area contributed by atoms with Crippen molar-refractivity contribution in [1.82, 2.24) is 9.78 Å². The van der Waals surface area contributed by atoms with Crippen LogP contribution in [0.5, 0.6) is 0 Å². The lowest BCUT2D eigenvalue weighted by Gasteiger charge is -2.35. The van der Waals surface area contributed by atoms with Crippen molar-refractivity contribution in [2.24, 2.45) is 18.7 Å². The van der Waals surface area contributed by atoms with Gasteiger partial charge < -0.3 is 11.1 Å². The van der Waals surface area contributed by atoms with Crippen LogP contribution in [0.15, 0.2) is 6.20 Å². The highest BCUT2D eigenvalue weighted by atomic mass is 16.2. The number of amides is 1. The van der Waals surface area contributed by atoms with Crippen LogP contribution in [0, 0.1) is 12.8 Å². The van der Waals surface area contributed by atoms with Crippen molar-refractivity contribution in [2.75, 3.05) is 5.32 Å². The first-order chi connectivity index (χ1) is 8.40. The zero-order chi connectivity index (χ0) is 13.3. The third-order valence-electron chi connectivity index (χ3n) is 3.75. The second-order valence-corrected chi connectivity index (χ2v) is 5.61. The van der Waals surface area contributed by atoms with Crippen molar-refractivity contribution < 1.29 is 4.79 Å². The third-order valence-corrected chi connectivity index (χ3v) is 3.75. The van der Waals surface area contributed by atoms with Gasteiger partial charge in [-0.25, -0.2) is 0 Å². The van der Waals surface area contributed by atoms with E-state index in [1.165, 1.54) is 0 Å². The number of nitrogens with zero attached hydrogens (tertiary/aromatic N) is 2. The molecule has 5 nitrogen and oxygen atoms in total. The van der Waals surface area contributed by atoms with Crippen molar-refractivity contribution in [3.63, 3.8) is 0 Å². The van der Waals surface area contributed by atoms with Crippen LogP contribution in [0.25, 0.3) is 0 Å². The summed E-state index contributed by atoms with van der Waals surface area (Å²) < 4.78 is 1.69. The van der Waals surface area contributed by atoms with E-state index in [1.807, 2.05) is 20.2 Å². The van der Waals surface area contributed by atoms with Crippen LogP contribution in [0.1, 0.15) is 38.3 Å². The summed E-state index contributed by atoms with van der Waals surface area (Å²) >= 11 is 0. The molecule has 1 aliphatic carbocycles. The molecule has 0 aromatic carbocycles. The van der Waals surface area contributed by atoms with Gasteiger partial charge in [-0.1, -0.05) is 19.8 Å². The predicted octanol–water partition coefficient (Wildman–Crippen LogP) is 1.57. The number of anilines is 1. The maximum atomic E-state index is 12.3. The Balaban J connectivity index is 2.09. The van der Waals surface area contributed by atoms with Gasteiger partial charge in [-0.3, -0.25) is 9.48 Å². The Labute approximate surface area is 108 Å². The second kappa shape index (κ2) is 4.72. The molecule has 1 amide bonds. The average Bonchev–Trinajstić information content (AvgIpc) is 2.57. The van der Waals surface area contributed by atoms with Crippen molar-refractivity contribution in [1.29, 1.82) is 0 Å². The van der Waals surface area contributed by atoms with Crippen LogP contribution < -0.4 is 11.1 Å². The quantitative estimate of drug-likeness (QED) is 0.837. The molecule has 2 rings (SSSR count). The zero-order valence-electron chi connectivity index (χ0n) is 11.4. The Morgan fingerprint density at radius 1 is 1.67 bits per heavy atom. The fraction of sp³-hybridized carbons (Fsp3) is 0.692. The summed E-state index contributed by atoms with van der Waals surface area (Å²) in [4.78, 5) is 12.3. The molecule has 1 aromatic heterocycles. The Bertz CT molecular complexity index is 454. The molecule has 2 atom stereocenters. The van der Waals surface area contributed by atoms with Crippen molar-refractivity contribution in [2.45, 2.75) is 45.1 Å². The fourth-order valence-electron chi connectivity index (χ4n) is 2.77. The molecule has 3 N–H and O–H groups in total. The maximum Gasteiger partial charge on any atom is 0.244 e. The lowest BCUT2D eigenvalue weighted by molar-refractivity contribution is -0.122. The van der Waals surface area contributed by atoms with Gasteiger partial charge in [0.25, 0.3) is 0 Å². The summed E-state index contributed by atoms with van der Waals surface area (Å²) in [6.45, 7) is 4.03. The zero-order valence-corrected chi connectivity index (χ0v) is 11.4. The summed E-state index contributed by atoms with van der Waals surface area (Å²) in [7, 11) is 1.84. The molecule has 0 aliphatic heterocycles. The highest BCUT2D eigenvalue weighted by Gasteiger charge is 2.38. The largest absolute Gasteiger partial charge is 0.322 e. The summed E-state index contributed by atoms with van der Waals surface area (Å²) in [6, 6.07) is 0. The van der Waals surface area contributed by atoms with Crippen molar-refractivity contribution >= 4 is 11.6 Å². The van der Waals surface area contributed by atoms with Gasteiger partial charge >= 0.3 is 0 Å². The van der Waals surface area contributed by atoms with Gasteiger partial charge in [0.1, 0.15) is 0 Å². The number of hydrogen-bond donors (Lipinski definition) is 2. The highest BCUT2D eigenvalue weighted by molar-refractivity contribution is 5.98. The smallest absolute Gasteiger partial charge is 0.244 e. The normalized spacial score (nSPS) is 28.1. The minimum atomic E-state index is -0.722. The second-order valence-electron chi connectivity index (χ2n) is 5.61. The molecule has 0 saturated heterocycles. The Morgan fingerprint density at radius 2 is 2.39 bits per heavy atom. The molecule has 0 spiro atoms. The van der Waals surface area contributed by atoms with Gasteiger partial charge in [0.05, 0.1) is 16.9 Å². The van der Waals surface area contributed by atoms with E-state index < -0.39 is 5.54 Å². The van der Waals surface area contributed by atoms with Gasteiger partial charge in [-0.15, -0.1) is 0 Å². The van der Waals surface area contributed by atoms with Crippen LogP contribution in [0.2, 0.25) is 0 Å². The van der Waals surface area contributed by atoms with E-state index in [0.29, 0.717) is 5.92 Å². The van der Waals surface area contributed by atoms with Crippen LogP contribution >= 0.6 is 0 Å². The lowest BCUT2D eigenvalue weighted by atomic mass is 9.76. The van der Waals surface area contributed by atoms with E-state index in [0.717, 1.165) is 37.1 Å². The Hall–Kier alpha value is -1.36. The number of nitrogens with two attached hydrogens (primary N) is 1. The molecule has 1 heterocycles. The molecular weight excluding hydrogens is 228 g/mol. The summed E-state index contributed by atoms with van der Waals surface area (Å²) in [5.74, 6) is 0.439. The van der Waals surface area contributed by atoms with E-state index in [-0.39, 0.29) is 5.91 Å². The Morgan fingerprint density at radius 3 is 2.94 bits per heavy atom. The predicted molar refractivity (Wildman–Crippen MR) is 71.1 cm³/mol. The molecular formula is C13H22N4O. The van der Waals surface area contributed by atoms with E-state index in [9.17, 15) is 4.79 Å². The summed E-state index contributed by atoms with van der Waals surface area (Å²) in [6.07, 6.45) is 5.53. The first-order valence-electron chi connectivity index (χ1n) is 6.51. The van der Waals surface area contributed by atoms with E-state index in [4.69, 9.17) is 5.73 Å². The minimum absolute atomic E-state index is 0.0786. The number of aromatic nitrogens is 2. The van der Waals surface area contributed by atoms with Crippen LogP contribution in [-0.4, -0.2) is 21.2 Å². The molecule has 1 saturated carbocycles. The average molecular weight is 250 g/mol.